The summed E-state index contributed by atoms with van der Waals surface area (Å²) in [4.78, 5) is 38.8. The second-order valence-electron chi connectivity index (χ2n) is 4.26. The SMILES string of the molecule is CC(=O)O[C@H]1NC(=O)[C@@H]1C(=O)NOCc1ccccc1. The number of β-lactam (4-membered cyclic amide) rings is 1. The Bertz CT molecular complexity index is 517. The Morgan fingerprint density at radius 1 is 1.30 bits per heavy atom. The molecule has 0 saturated carbocycles. The summed E-state index contributed by atoms with van der Waals surface area (Å²) in [6.45, 7) is 1.38. The molecular weight excluding hydrogens is 264 g/mol. The zero-order valence-corrected chi connectivity index (χ0v) is 10.8. The predicted molar refractivity (Wildman–Crippen MR) is 66.6 cm³/mol. The summed E-state index contributed by atoms with van der Waals surface area (Å²) in [5, 5.41) is 2.31. The van der Waals surface area contributed by atoms with E-state index >= 15 is 0 Å². The summed E-state index contributed by atoms with van der Waals surface area (Å²) in [5.74, 6) is -2.79. The molecule has 0 radical (unpaired) electrons. The molecular formula is C13H14N2O5. The quantitative estimate of drug-likeness (QED) is 0.339. The van der Waals surface area contributed by atoms with Crippen LogP contribution in [-0.4, -0.2) is 24.0 Å². The Morgan fingerprint density at radius 2 is 2.00 bits per heavy atom. The lowest BCUT2D eigenvalue weighted by molar-refractivity contribution is -0.174. The third kappa shape index (κ3) is 3.33. The predicted octanol–water partition coefficient (Wildman–Crippen LogP) is -0.130. The zero-order chi connectivity index (χ0) is 14.5. The van der Waals surface area contributed by atoms with E-state index < -0.39 is 29.9 Å². The van der Waals surface area contributed by atoms with Crippen LogP contribution in [0.15, 0.2) is 30.3 Å². The number of hydroxylamine groups is 1. The van der Waals surface area contributed by atoms with Crippen LogP contribution >= 0.6 is 0 Å². The van der Waals surface area contributed by atoms with Crippen molar-refractivity contribution in [1.82, 2.24) is 10.8 Å². The van der Waals surface area contributed by atoms with Crippen LogP contribution in [-0.2, 0) is 30.6 Å². The number of carbonyl (C=O) groups excluding carboxylic acids is 3. The van der Waals surface area contributed by atoms with Gasteiger partial charge in [-0.15, -0.1) is 0 Å². The summed E-state index contributed by atoms with van der Waals surface area (Å²) in [6.07, 6.45) is -0.930. The van der Waals surface area contributed by atoms with Crippen molar-refractivity contribution in [1.29, 1.82) is 0 Å². The van der Waals surface area contributed by atoms with E-state index in [9.17, 15) is 14.4 Å². The van der Waals surface area contributed by atoms with Gasteiger partial charge in [-0.3, -0.25) is 19.2 Å². The number of esters is 1. The van der Waals surface area contributed by atoms with Gasteiger partial charge in [-0.1, -0.05) is 30.3 Å². The molecule has 106 valence electrons. The van der Waals surface area contributed by atoms with Gasteiger partial charge in [-0.05, 0) is 5.56 Å². The minimum Gasteiger partial charge on any atom is -0.440 e. The molecule has 1 aromatic rings. The first-order chi connectivity index (χ1) is 9.58. The summed E-state index contributed by atoms with van der Waals surface area (Å²) >= 11 is 0. The molecule has 2 rings (SSSR count). The molecule has 1 aliphatic rings. The topological polar surface area (TPSA) is 93.7 Å². The van der Waals surface area contributed by atoms with Gasteiger partial charge in [-0.25, -0.2) is 5.48 Å². The van der Waals surface area contributed by atoms with Gasteiger partial charge in [0.25, 0.3) is 5.91 Å². The molecule has 0 aromatic heterocycles. The van der Waals surface area contributed by atoms with Gasteiger partial charge in [0.1, 0.15) is 0 Å². The standard InChI is InChI=1S/C13H14N2O5/c1-8(16)20-13-10(11(17)14-13)12(18)15-19-7-9-5-3-2-4-6-9/h2-6,10,13H,7H2,1H3,(H,14,17)(H,15,18)/t10-,13-/m1/s1. The first-order valence-corrected chi connectivity index (χ1v) is 6.01. The number of rotatable bonds is 5. The fraction of sp³-hybridized carbons (Fsp3) is 0.308. The Hall–Kier alpha value is -2.41. The second kappa shape index (κ2) is 6.16. The van der Waals surface area contributed by atoms with Gasteiger partial charge in [0, 0.05) is 6.92 Å². The van der Waals surface area contributed by atoms with Crippen molar-refractivity contribution in [2.45, 2.75) is 19.8 Å². The van der Waals surface area contributed by atoms with Crippen LogP contribution in [0.2, 0.25) is 0 Å². The van der Waals surface area contributed by atoms with E-state index in [1.54, 1.807) is 0 Å². The third-order valence-electron chi connectivity index (χ3n) is 2.70. The molecule has 1 aliphatic heterocycles. The van der Waals surface area contributed by atoms with Crippen LogP contribution in [0.25, 0.3) is 0 Å². The van der Waals surface area contributed by atoms with Crippen LogP contribution in [0.3, 0.4) is 0 Å². The molecule has 1 fully saturated rings. The first-order valence-electron chi connectivity index (χ1n) is 6.01. The van der Waals surface area contributed by atoms with Gasteiger partial charge >= 0.3 is 5.97 Å². The van der Waals surface area contributed by atoms with E-state index in [0.717, 1.165) is 5.56 Å². The fourth-order valence-corrected chi connectivity index (χ4v) is 1.72. The summed E-state index contributed by atoms with van der Waals surface area (Å²) in [5.41, 5.74) is 3.05. The average molecular weight is 278 g/mol. The van der Waals surface area contributed by atoms with E-state index in [4.69, 9.17) is 9.57 Å². The second-order valence-corrected chi connectivity index (χ2v) is 4.26. The molecule has 7 heteroatoms. The normalized spacial score (nSPS) is 20.6. The van der Waals surface area contributed by atoms with E-state index in [1.165, 1.54) is 6.92 Å². The lowest BCUT2D eigenvalue weighted by Gasteiger charge is -2.33. The highest BCUT2D eigenvalue weighted by molar-refractivity contribution is 6.05. The maximum atomic E-state index is 11.7. The van der Waals surface area contributed by atoms with E-state index in [1.807, 2.05) is 30.3 Å². The maximum absolute atomic E-state index is 11.7. The number of amides is 2. The molecule has 0 aliphatic carbocycles. The highest BCUT2D eigenvalue weighted by Crippen LogP contribution is 2.16. The molecule has 0 spiro atoms. The Labute approximate surface area is 115 Å². The maximum Gasteiger partial charge on any atom is 0.304 e. The average Bonchev–Trinajstić information content (AvgIpc) is 2.38. The zero-order valence-electron chi connectivity index (χ0n) is 10.8. The van der Waals surface area contributed by atoms with Crippen molar-refractivity contribution >= 4 is 17.8 Å². The Balaban J connectivity index is 1.79. The van der Waals surface area contributed by atoms with Gasteiger partial charge in [0.15, 0.2) is 12.1 Å². The van der Waals surface area contributed by atoms with Crippen molar-refractivity contribution in [3.05, 3.63) is 35.9 Å². The van der Waals surface area contributed by atoms with Crippen molar-refractivity contribution in [2.75, 3.05) is 0 Å². The number of hydrogen-bond acceptors (Lipinski definition) is 5. The number of hydrogen-bond donors (Lipinski definition) is 2. The number of ether oxygens (including phenoxy) is 1. The molecule has 2 atom stereocenters. The number of nitrogens with one attached hydrogen (secondary N) is 2. The highest BCUT2D eigenvalue weighted by atomic mass is 16.7. The Kier molecular flexibility index (Phi) is 4.31. The van der Waals surface area contributed by atoms with Gasteiger partial charge in [-0.2, -0.15) is 0 Å². The lowest BCUT2D eigenvalue weighted by atomic mass is 9.98. The summed E-state index contributed by atoms with van der Waals surface area (Å²) < 4.78 is 4.77. The van der Waals surface area contributed by atoms with Crippen molar-refractivity contribution in [2.24, 2.45) is 5.92 Å². The van der Waals surface area contributed by atoms with Crippen LogP contribution < -0.4 is 10.8 Å². The summed E-state index contributed by atoms with van der Waals surface area (Å²) in [6, 6.07) is 9.23. The molecule has 1 aromatic carbocycles. The highest BCUT2D eigenvalue weighted by Gasteiger charge is 2.47. The van der Waals surface area contributed by atoms with Gasteiger partial charge < -0.3 is 10.1 Å². The van der Waals surface area contributed by atoms with Crippen molar-refractivity contribution in [3.63, 3.8) is 0 Å². The van der Waals surface area contributed by atoms with E-state index in [2.05, 4.69) is 10.8 Å². The monoisotopic (exact) mass is 278 g/mol. The van der Waals surface area contributed by atoms with Crippen molar-refractivity contribution < 1.29 is 24.0 Å². The fourth-order valence-electron chi connectivity index (χ4n) is 1.72. The molecule has 0 bridgehead atoms. The largest absolute Gasteiger partial charge is 0.440 e. The van der Waals surface area contributed by atoms with Crippen molar-refractivity contribution in [3.8, 4) is 0 Å². The minimum atomic E-state index is -1.07. The van der Waals surface area contributed by atoms with Crippen LogP contribution in [0, 0.1) is 5.92 Å². The van der Waals surface area contributed by atoms with Crippen LogP contribution in [0.4, 0.5) is 0 Å². The molecule has 1 saturated heterocycles. The third-order valence-corrected chi connectivity index (χ3v) is 2.70. The van der Waals surface area contributed by atoms with E-state index in [-0.39, 0.29) is 6.61 Å². The molecule has 2 N–H and O–H groups in total. The molecule has 0 unspecified atom stereocenters. The number of benzene rings is 1. The number of carbonyl (C=O) groups is 3. The molecule has 7 nitrogen and oxygen atoms in total. The lowest BCUT2D eigenvalue weighted by Crippen LogP contribution is -2.64. The molecule has 1 heterocycles. The van der Waals surface area contributed by atoms with Gasteiger partial charge in [0.05, 0.1) is 6.61 Å². The van der Waals surface area contributed by atoms with Crippen LogP contribution in [0.5, 0.6) is 0 Å². The molecule has 2 amide bonds. The Morgan fingerprint density at radius 3 is 2.60 bits per heavy atom. The smallest absolute Gasteiger partial charge is 0.304 e. The molecule has 20 heavy (non-hydrogen) atoms. The van der Waals surface area contributed by atoms with Crippen LogP contribution in [0.1, 0.15) is 12.5 Å². The van der Waals surface area contributed by atoms with Gasteiger partial charge in [0.2, 0.25) is 5.91 Å². The van der Waals surface area contributed by atoms with E-state index in [0.29, 0.717) is 0 Å². The minimum absolute atomic E-state index is 0.180. The summed E-state index contributed by atoms with van der Waals surface area (Å²) in [7, 11) is 0. The first kappa shape index (κ1) is 14.0.